The molecular weight excluding hydrogens is 232 g/mol. The Hall–Kier alpha value is -0.0800. The van der Waals surface area contributed by atoms with Crippen LogP contribution in [0, 0.1) is 23.2 Å². The summed E-state index contributed by atoms with van der Waals surface area (Å²) in [7, 11) is 4.36. The van der Waals surface area contributed by atoms with Crippen LogP contribution in [0.4, 0.5) is 0 Å². The van der Waals surface area contributed by atoms with Gasteiger partial charge < -0.3 is 10.2 Å². The third kappa shape index (κ3) is 2.58. The van der Waals surface area contributed by atoms with Gasteiger partial charge in [0.2, 0.25) is 0 Å². The van der Waals surface area contributed by atoms with Crippen molar-refractivity contribution < 1.29 is 0 Å². The van der Waals surface area contributed by atoms with Crippen LogP contribution in [0.2, 0.25) is 0 Å². The third-order valence-corrected chi connectivity index (χ3v) is 6.61. The highest BCUT2D eigenvalue weighted by Gasteiger charge is 2.52. The largest absolute Gasteiger partial charge is 0.312 e. The first kappa shape index (κ1) is 13.9. The SMILES string of the molecule is CC(CNC(C)C12CC3CC(CC(C3)C1)C2)N(C)C. The maximum Gasteiger partial charge on any atom is 0.0186 e. The molecule has 0 aliphatic heterocycles. The van der Waals surface area contributed by atoms with Crippen LogP contribution < -0.4 is 5.32 Å². The third-order valence-electron chi connectivity index (χ3n) is 6.61. The van der Waals surface area contributed by atoms with Crippen LogP contribution in [0.25, 0.3) is 0 Å². The van der Waals surface area contributed by atoms with Crippen LogP contribution in [0.3, 0.4) is 0 Å². The van der Waals surface area contributed by atoms with E-state index in [2.05, 4.69) is 38.2 Å². The smallest absolute Gasteiger partial charge is 0.0186 e. The van der Waals surface area contributed by atoms with Gasteiger partial charge in [-0.3, -0.25) is 0 Å². The molecule has 19 heavy (non-hydrogen) atoms. The molecule has 2 nitrogen and oxygen atoms in total. The molecular formula is C17H32N2. The highest BCUT2D eigenvalue weighted by Crippen LogP contribution is 2.61. The second-order valence-electron chi connectivity index (χ2n) is 8.22. The van der Waals surface area contributed by atoms with Gasteiger partial charge >= 0.3 is 0 Å². The van der Waals surface area contributed by atoms with Gasteiger partial charge in [-0.1, -0.05) is 0 Å². The first-order chi connectivity index (χ1) is 8.98. The maximum atomic E-state index is 3.88. The lowest BCUT2D eigenvalue weighted by Crippen LogP contribution is -2.56. The fourth-order valence-corrected chi connectivity index (χ4v) is 5.45. The van der Waals surface area contributed by atoms with Gasteiger partial charge in [0.15, 0.2) is 0 Å². The summed E-state index contributed by atoms with van der Waals surface area (Å²) in [4.78, 5) is 2.32. The molecule has 4 saturated carbocycles. The monoisotopic (exact) mass is 264 g/mol. The zero-order valence-electron chi connectivity index (χ0n) is 13.3. The Morgan fingerprint density at radius 2 is 1.47 bits per heavy atom. The molecule has 0 aromatic heterocycles. The molecule has 0 heterocycles. The van der Waals surface area contributed by atoms with Crippen molar-refractivity contribution in [3.05, 3.63) is 0 Å². The summed E-state index contributed by atoms with van der Waals surface area (Å²) in [6.45, 7) is 5.92. The molecule has 0 saturated heterocycles. The van der Waals surface area contributed by atoms with E-state index in [0.29, 0.717) is 17.5 Å². The molecule has 4 aliphatic rings. The normalized spacial score (nSPS) is 43.7. The summed E-state index contributed by atoms with van der Waals surface area (Å²) in [5.74, 6) is 3.21. The molecule has 1 N–H and O–H groups in total. The van der Waals surface area contributed by atoms with E-state index in [1.807, 2.05) is 0 Å². The Labute approximate surface area is 119 Å². The van der Waals surface area contributed by atoms with Gasteiger partial charge in [-0.25, -0.2) is 0 Å². The number of nitrogens with zero attached hydrogens (tertiary/aromatic N) is 1. The van der Waals surface area contributed by atoms with Crippen LogP contribution in [0.5, 0.6) is 0 Å². The lowest BCUT2D eigenvalue weighted by Gasteiger charge is -2.59. The number of rotatable bonds is 5. The van der Waals surface area contributed by atoms with Gasteiger partial charge in [0, 0.05) is 18.6 Å². The zero-order valence-corrected chi connectivity index (χ0v) is 13.3. The predicted octanol–water partition coefficient (Wildman–Crippen LogP) is 3.13. The quantitative estimate of drug-likeness (QED) is 0.821. The molecule has 4 fully saturated rings. The second kappa shape index (κ2) is 5.04. The highest BCUT2D eigenvalue weighted by molar-refractivity contribution is 5.05. The first-order valence-electron chi connectivity index (χ1n) is 8.38. The summed E-state index contributed by atoms with van der Waals surface area (Å²) >= 11 is 0. The van der Waals surface area contributed by atoms with Gasteiger partial charge in [-0.05, 0) is 89.6 Å². The highest BCUT2D eigenvalue weighted by atomic mass is 15.1. The van der Waals surface area contributed by atoms with Crippen LogP contribution in [-0.4, -0.2) is 37.6 Å². The van der Waals surface area contributed by atoms with E-state index < -0.39 is 0 Å². The topological polar surface area (TPSA) is 15.3 Å². The molecule has 0 aromatic rings. The van der Waals surface area contributed by atoms with Crippen LogP contribution in [0.1, 0.15) is 52.4 Å². The van der Waals surface area contributed by atoms with Gasteiger partial charge in [-0.2, -0.15) is 0 Å². The van der Waals surface area contributed by atoms with Gasteiger partial charge in [-0.15, -0.1) is 0 Å². The van der Waals surface area contributed by atoms with Crippen molar-refractivity contribution >= 4 is 0 Å². The second-order valence-corrected chi connectivity index (χ2v) is 8.22. The van der Waals surface area contributed by atoms with Gasteiger partial charge in [0.25, 0.3) is 0 Å². The summed E-state index contributed by atoms with van der Waals surface area (Å²) in [5.41, 5.74) is 0.654. The number of hydrogen-bond donors (Lipinski definition) is 1. The molecule has 4 bridgehead atoms. The fraction of sp³-hybridized carbons (Fsp3) is 1.00. The van der Waals surface area contributed by atoms with Gasteiger partial charge in [0.1, 0.15) is 0 Å². The Morgan fingerprint density at radius 1 is 1.00 bits per heavy atom. The van der Waals surface area contributed by atoms with E-state index in [1.54, 1.807) is 19.3 Å². The molecule has 4 rings (SSSR count). The Balaban J connectivity index is 1.61. The van der Waals surface area contributed by atoms with E-state index in [9.17, 15) is 0 Å². The summed E-state index contributed by atoms with van der Waals surface area (Å²) in [6.07, 6.45) is 9.22. The number of nitrogens with one attached hydrogen (secondary N) is 1. The summed E-state index contributed by atoms with van der Waals surface area (Å²) in [6, 6.07) is 1.35. The van der Waals surface area contributed by atoms with Gasteiger partial charge in [0.05, 0.1) is 0 Å². The number of likely N-dealkylation sites (N-methyl/N-ethyl adjacent to an activating group) is 1. The van der Waals surface area contributed by atoms with Crippen molar-refractivity contribution in [2.24, 2.45) is 23.2 Å². The zero-order chi connectivity index (χ0) is 13.6. The molecule has 2 unspecified atom stereocenters. The summed E-state index contributed by atoms with van der Waals surface area (Å²) < 4.78 is 0. The van der Waals surface area contributed by atoms with Crippen molar-refractivity contribution in [1.29, 1.82) is 0 Å². The Morgan fingerprint density at radius 3 is 1.89 bits per heavy atom. The molecule has 2 heteroatoms. The van der Waals surface area contributed by atoms with E-state index in [4.69, 9.17) is 0 Å². The van der Waals surface area contributed by atoms with Crippen molar-refractivity contribution in [1.82, 2.24) is 10.2 Å². The fourth-order valence-electron chi connectivity index (χ4n) is 5.45. The predicted molar refractivity (Wildman–Crippen MR) is 81.2 cm³/mol. The first-order valence-corrected chi connectivity index (χ1v) is 8.38. The van der Waals surface area contributed by atoms with Crippen LogP contribution >= 0.6 is 0 Å². The Kier molecular flexibility index (Phi) is 3.68. The molecule has 0 aromatic carbocycles. The van der Waals surface area contributed by atoms with E-state index >= 15 is 0 Å². The lowest BCUT2D eigenvalue weighted by atomic mass is 9.48. The molecule has 0 amide bonds. The summed E-state index contributed by atoms with van der Waals surface area (Å²) in [5, 5.41) is 3.88. The Bertz CT molecular complexity index is 288. The van der Waals surface area contributed by atoms with Crippen LogP contribution in [-0.2, 0) is 0 Å². The molecule has 2 atom stereocenters. The minimum Gasteiger partial charge on any atom is -0.312 e. The van der Waals surface area contributed by atoms with E-state index in [0.717, 1.165) is 24.3 Å². The van der Waals surface area contributed by atoms with Crippen molar-refractivity contribution in [3.8, 4) is 0 Å². The maximum absolute atomic E-state index is 3.88. The standard InChI is InChI=1S/C17H32N2/c1-12(19(3)4)11-18-13(2)17-8-14-5-15(9-17)7-16(6-14)10-17/h12-16,18H,5-11H2,1-4H3. The van der Waals surface area contributed by atoms with E-state index in [1.165, 1.54) is 19.3 Å². The van der Waals surface area contributed by atoms with Crippen molar-refractivity contribution in [2.45, 2.75) is 64.5 Å². The van der Waals surface area contributed by atoms with E-state index in [-0.39, 0.29) is 0 Å². The van der Waals surface area contributed by atoms with Crippen LogP contribution in [0.15, 0.2) is 0 Å². The molecule has 110 valence electrons. The minimum atomic E-state index is 0.636. The molecule has 0 radical (unpaired) electrons. The average molecular weight is 264 g/mol. The minimum absolute atomic E-state index is 0.636. The lowest BCUT2D eigenvalue weighted by molar-refractivity contribution is -0.0708. The van der Waals surface area contributed by atoms with Crippen molar-refractivity contribution in [2.75, 3.05) is 20.6 Å². The number of hydrogen-bond acceptors (Lipinski definition) is 2. The average Bonchev–Trinajstić information content (AvgIpc) is 2.33. The molecule has 4 aliphatic carbocycles. The van der Waals surface area contributed by atoms with Crippen molar-refractivity contribution in [3.63, 3.8) is 0 Å². The molecule has 0 spiro atoms.